The molecule has 34 heavy (non-hydrogen) atoms. The van der Waals surface area contributed by atoms with Gasteiger partial charge in [0.1, 0.15) is 12.6 Å². The van der Waals surface area contributed by atoms with Crippen LogP contribution in [0.2, 0.25) is 10.0 Å². The molecule has 0 spiro atoms. The Labute approximate surface area is 219 Å². The molecule has 0 saturated carbocycles. The second-order valence-electron chi connectivity index (χ2n) is 7.83. The molecule has 0 unspecified atom stereocenters. The number of benzene rings is 2. The number of carbonyl (C=O) groups excluding carboxylic acids is 2. The van der Waals surface area contributed by atoms with Crippen LogP contribution < -0.4 is 9.62 Å². The fourth-order valence-electron chi connectivity index (χ4n) is 3.18. The zero-order valence-electron chi connectivity index (χ0n) is 19.2. The van der Waals surface area contributed by atoms with Crippen molar-refractivity contribution in [2.45, 2.75) is 39.3 Å². The quantitative estimate of drug-likeness (QED) is 0.378. The fourth-order valence-corrected chi connectivity index (χ4v) is 4.87. The Morgan fingerprint density at radius 1 is 1.12 bits per heavy atom. The lowest BCUT2D eigenvalue weighted by Crippen LogP contribution is -2.51. The molecule has 0 aliphatic rings. The molecule has 1 atom stereocenters. The van der Waals surface area contributed by atoms with Gasteiger partial charge in [0.2, 0.25) is 21.8 Å². The molecule has 1 N–H and O–H groups in total. The fraction of sp³-hybridized carbons (Fsp3) is 0.391. The SMILES string of the molecule is CCCCNC(=O)[C@H](C)N(Cc1ccc(Br)cc1)C(=O)CN(c1ccc(Cl)cc1Cl)S(C)(=O)=O. The summed E-state index contributed by atoms with van der Waals surface area (Å²) in [5.74, 6) is -0.855. The molecule has 186 valence electrons. The number of halogens is 3. The highest BCUT2D eigenvalue weighted by atomic mass is 79.9. The van der Waals surface area contributed by atoms with Crippen molar-refractivity contribution in [1.29, 1.82) is 0 Å². The van der Waals surface area contributed by atoms with Gasteiger partial charge in [-0.05, 0) is 49.2 Å². The summed E-state index contributed by atoms with van der Waals surface area (Å²) in [5, 5.41) is 3.27. The molecule has 0 fully saturated rings. The third-order valence-corrected chi connectivity index (χ3v) is 7.31. The van der Waals surface area contributed by atoms with Gasteiger partial charge in [-0.15, -0.1) is 0 Å². The van der Waals surface area contributed by atoms with E-state index >= 15 is 0 Å². The van der Waals surface area contributed by atoms with Crippen LogP contribution in [-0.4, -0.2) is 50.5 Å². The predicted octanol–water partition coefficient (Wildman–Crippen LogP) is 4.86. The zero-order valence-corrected chi connectivity index (χ0v) is 23.1. The lowest BCUT2D eigenvalue weighted by molar-refractivity contribution is -0.139. The van der Waals surface area contributed by atoms with E-state index in [4.69, 9.17) is 23.2 Å². The average Bonchev–Trinajstić information content (AvgIpc) is 2.76. The highest BCUT2D eigenvalue weighted by Gasteiger charge is 2.30. The van der Waals surface area contributed by atoms with Crippen molar-refractivity contribution in [1.82, 2.24) is 10.2 Å². The van der Waals surface area contributed by atoms with Gasteiger partial charge in [-0.25, -0.2) is 8.42 Å². The van der Waals surface area contributed by atoms with Crippen molar-refractivity contribution in [3.63, 3.8) is 0 Å². The van der Waals surface area contributed by atoms with Gasteiger partial charge < -0.3 is 10.2 Å². The number of rotatable bonds is 11. The van der Waals surface area contributed by atoms with Gasteiger partial charge in [0.05, 0.1) is 17.0 Å². The van der Waals surface area contributed by atoms with E-state index in [2.05, 4.69) is 21.2 Å². The van der Waals surface area contributed by atoms with Crippen LogP contribution in [0.25, 0.3) is 0 Å². The molecule has 0 heterocycles. The van der Waals surface area contributed by atoms with Crippen LogP contribution in [0.3, 0.4) is 0 Å². The second kappa shape index (κ2) is 12.8. The number of nitrogens with one attached hydrogen (secondary N) is 1. The molecular weight excluding hydrogens is 565 g/mol. The number of hydrogen-bond acceptors (Lipinski definition) is 4. The Balaban J connectivity index is 2.37. The van der Waals surface area contributed by atoms with Gasteiger partial charge >= 0.3 is 0 Å². The predicted molar refractivity (Wildman–Crippen MR) is 141 cm³/mol. The van der Waals surface area contributed by atoms with Crippen molar-refractivity contribution in [2.24, 2.45) is 0 Å². The molecule has 0 aromatic heterocycles. The van der Waals surface area contributed by atoms with E-state index in [-0.39, 0.29) is 23.2 Å². The maximum absolute atomic E-state index is 13.5. The van der Waals surface area contributed by atoms with Crippen molar-refractivity contribution < 1.29 is 18.0 Å². The Morgan fingerprint density at radius 3 is 2.32 bits per heavy atom. The molecule has 2 amide bonds. The first-order chi connectivity index (χ1) is 15.9. The third kappa shape index (κ3) is 8.15. The van der Waals surface area contributed by atoms with Crippen LogP contribution in [0.4, 0.5) is 5.69 Å². The van der Waals surface area contributed by atoms with Crippen molar-refractivity contribution in [3.8, 4) is 0 Å². The van der Waals surface area contributed by atoms with Crippen molar-refractivity contribution >= 4 is 66.7 Å². The van der Waals surface area contributed by atoms with Gasteiger partial charge in [0.25, 0.3) is 0 Å². The molecule has 0 aliphatic carbocycles. The highest BCUT2D eigenvalue weighted by molar-refractivity contribution is 9.10. The summed E-state index contributed by atoms with van der Waals surface area (Å²) in [6.07, 6.45) is 2.72. The minimum Gasteiger partial charge on any atom is -0.354 e. The highest BCUT2D eigenvalue weighted by Crippen LogP contribution is 2.30. The number of nitrogens with zero attached hydrogens (tertiary/aromatic N) is 2. The van der Waals surface area contributed by atoms with Gasteiger partial charge in [0, 0.05) is 22.6 Å². The first kappa shape index (κ1) is 28.4. The van der Waals surface area contributed by atoms with Crippen LogP contribution in [0.15, 0.2) is 46.9 Å². The number of sulfonamides is 1. The van der Waals surface area contributed by atoms with Gasteiger partial charge in [0.15, 0.2) is 0 Å². The topological polar surface area (TPSA) is 86.8 Å². The maximum Gasteiger partial charge on any atom is 0.244 e. The van der Waals surface area contributed by atoms with Gasteiger partial charge in [-0.1, -0.05) is 64.6 Å². The molecule has 0 aliphatic heterocycles. The van der Waals surface area contributed by atoms with E-state index in [0.29, 0.717) is 11.6 Å². The summed E-state index contributed by atoms with van der Waals surface area (Å²) in [4.78, 5) is 27.6. The Morgan fingerprint density at radius 2 is 1.76 bits per heavy atom. The van der Waals surface area contributed by atoms with Crippen molar-refractivity contribution in [2.75, 3.05) is 23.7 Å². The third-order valence-electron chi connectivity index (χ3n) is 5.12. The molecule has 11 heteroatoms. The smallest absolute Gasteiger partial charge is 0.244 e. The summed E-state index contributed by atoms with van der Waals surface area (Å²) >= 11 is 15.6. The van der Waals surface area contributed by atoms with Crippen LogP contribution >= 0.6 is 39.1 Å². The number of amides is 2. The van der Waals surface area contributed by atoms with Crippen LogP contribution in [0, 0.1) is 0 Å². The van der Waals surface area contributed by atoms with E-state index in [9.17, 15) is 18.0 Å². The van der Waals surface area contributed by atoms with Gasteiger partial charge in [-0.2, -0.15) is 0 Å². The van der Waals surface area contributed by atoms with E-state index in [1.807, 2.05) is 31.2 Å². The van der Waals surface area contributed by atoms with E-state index in [0.717, 1.165) is 33.4 Å². The molecular formula is C23H28BrCl2N3O4S. The minimum absolute atomic E-state index is 0.0931. The standard InChI is InChI=1S/C23H28BrCl2N3O4S/c1-4-5-12-27-23(31)16(2)28(14-17-6-8-18(24)9-7-17)22(30)15-29(34(3,32)33)21-11-10-19(25)13-20(21)26/h6-11,13,16H,4-5,12,14-15H2,1-3H3,(H,27,31)/t16-/m0/s1. The van der Waals surface area contributed by atoms with Gasteiger partial charge in [-0.3, -0.25) is 13.9 Å². The summed E-state index contributed by atoms with van der Waals surface area (Å²) < 4.78 is 27.0. The van der Waals surface area contributed by atoms with Crippen molar-refractivity contribution in [3.05, 3.63) is 62.5 Å². The first-order valence-corrected chi connectivity index (χ1v) is 14.1. The molecule has 2 aromatic carbocycles. The second-order valence-corrected chi connectivity index (χ2v) is 11.5. The molecule has 0 radical (unpaired) electrons. The Hall–Kier alpha value is -1.81. The average molecular weight is 593 g/mol. The first-order valence-electron chi connectivity index (χ1n) is 10.7. The molecule has 0 bridgehead atoms. The van der Waals surface area contributed by atoms with Crippen LogP contribution in [0.5, 0.6) is 0 Å². The number of hydrogen-bond donors (Lipinski definition) is 1. The molecule has 2 aromatic rings. The molecule has 7 nitrogen and oxygen atoms in total. The summed E-state index contributed by atoms with van der Waals surface area (Å²) in [6, 6.07) is 10.8. The van der Waals surface area contributed by atoms with E-state index in [1.54, 1.807) is 6.92 Å². The zero-order chi connectivity index (χ0) is 25.5. The minimum atomic E-state index is -3.87. The maximum atomic E-state index is 13.5. The lowest BCUT2D eigenvalue weighted by Gasteiger charge is -2.31. The molecule has 0 saturated heterocycles. The number of anilines is 1. The summed E-state index contributed by atoms with van der Waals surface area (Å²) in [6.45, 7) is 3.73. The largest absolute Gasteiger partial charge is 0.354 e. The monoisotopic (exact) mass is 591 g/mol. The summed E-state index contributed by atoms with van der Waals surface area (Å²) in [7, 11) is -3.87. The number of carbonyl (C=O) groups is 2. The normalized spacial score (nSPS) is 12.2. The molecule has 2 rings (SSSR count). The summed E-state index contributed by atoms with van der Waals surface area (Å²) in [5.41, 5.74) is 0.922. The Kier molecular flexibility index (Phi) is 10.7. The Bertz CT molecular complexity index is 1110. The number of unbranched alkanes of at least 4 members (excludes halogenated alkanes) is 1. The van der Waals surface area contributed by atoms with Crippen LogP contribution in [0.1, 0.15) is 32.3 Å². The lowest BCUT2D eigenvalue weighted by atomic mass is 10.1. The van der Waals surface area contributed by atoms with E-state index in [1.165, 1.54) is 23.1 Å². The van der Waals surface area contributed by atoms with E-state index < -0.39 is 28.5 Å². The van der Waals surface area contributed by atoms with Crippen LogP contribution in [-0.2, 0) is 26.2 Å².